The van der Waals surface area contributed by atoms with Crippen LogP contribution in [0.3, 0.4) is 0 Å². The van der Waals surface area contributed by atoms with Crippen LogP contribution in [0.2, 0.25) is 5.02 Å². The first kappa shape index (κ1) is 23.1. The van der Waals surface area contributed by atoms with Gasteiger partial charge in [0, 0.05) is 29.9 Å². The number of hydrogen-bond acceptors (Lipinski definition) is 6. The number of aromatic nitrogens is 1. The number of ether oxygens (including phenoxy) is 1. The maximum Gasteiger partial charge on any atom is 0.412 e. The summed E-state index contributed by atoms with van der Waals surface area (Å²) < 4.78 is 5.84. The van der Waals surface area contributed by atoms with Crippen molar-refractivity contribution in [2.24, 2.45) is 5.92 Å². The number of benzene rings is 1. The molecule has 2 atom stereocenters. The highest BCUT2D eigenvalue weighted by atomic mass is 35.5. The molecule has 3 amide bonds. The standard InChI is InChI=1S/C26H28ClN5O4/c27-18-4-5-20-19(12-18)26(36-25(35)31-20)7-1-9-32(14-26)24(34)21(10-15-2-3-15)30-23(33)17-11-16-6-8-28-22(16)29-13-17/h4-5,11-13,15,21H,1-3,6-10,14H2,(H,28,29)(H,30,33)(H,31,35)/t21-,26-/m0/s1. The van der Waals surface area contributed by atoms with E-state index in [2.05, 4.69) is 20.9 Å². The molecule has 6 rings (SSSR count). The second-order valence-electron chi connectivity index (χ2n) is 10.2. The van der Waals surface area contributed by atoms with Gasteiger partial charge in [0.15, 0.2) is 5.60 Å². The number of halogens is 1. The lowest BCUT2D eigenvalue weighted by molar-refractivity contribution is -0.141. The molecule has 188 valence electrons. The van der Waals surface area contributed by atoms with E-state index in [0.717, 1.165) is 42.8 Å². The van der Waals surface area contributed by atoms with Crippen molar-refractivity contribution in [3.63, 3.8) is 0 Å². The molecule has 1 aromatic heterocycles. The van der Waals surface area contributed by atoms with Crippen LogP contribution in [0.5, 0.6) is 0 Å². The fraction of sp³-hybridized carbons (Fsp3) is 0.462. The average Bonchev–Trinajstić information content (AvgIpc) is 3.56. The number of nitrogens with zero attached hydrogens (tertiary/aromatic N) is 2. The van der Waals surface area contributed by atoms with E-state index in [1.165, 1.54) is 0 Å². The van der Waals surface area contributed by atoms with E-state index >= 15 is 0 Å². The second-order valence-corrected chi connectivity index (χ2v) is 10.6. The molecule has 4 aliphatic rings. The third-order valence-electron chi connectivity index (χ3n) is 7.55. The summed E-state index contributed by atoms with van der Waals surface area (Å²) in [5.74, 6) is 0.792. The number of nitrogens with one attached hydrogen (secondary N) is 3. The van der Waals surface area contributed by atoms with E-state index in [9.17, 15) is 14.4 Å². The molecule has 9 nitrogen and oxygen atoms in total. The van der Waals surface area contributed by atoms with Gasteiger partial charge >= 0.3 is 6.09 Å². The lowest BCUT2D eigenvalue weighted by Crippen LogP contribution is -2.57. The lowest BCUT2D eigenvalue weighted by atomic mass is 9.83. The fourth-order valence-electron chi connectivity index (χ4n) is 5.55. The number of amides is 3. The molecule has 1 saturated carbocycles. The van der Waals surface area contributed by atoms with Crippen molar-refractivity contribution in [3.8, 4) is 0 Å². The highest BCUT2D eigenvalue weighted by molar-refractivity contribution is 6.30. The van der Waals surface area contributed by atoms with Crippen LogP contribution in [-0.4, -0.2) is 53.5 Å². The zero-order valence-corrected chi connectivity index (χ0v) is 20.6. The Balaban J connectivity index is 1.23. The average molecular weight is 510 g/mol. The molecule has 1 saturated heterocycles. The molecule has 0 bridgehead atoms. The van der Waals surface area contributed by atoms with E-state index in [0.29, 0.717) is 48.0 Å². The molecule has 1 aliphatic carbocycles. The third kappa shape index (κ3) is 4.36. The number of carbonyl (C=O) groups is 3. The summed E-state index contributed by atoms with van der Waals surface area (Å²) in [5.41, 5.74) is 1.91. The Morgan fingerprint density at radius 1 is 1.31 bits per heavy atom. The maximum atomic E-state index is 13.8. The normalized spacial score (nSPS) is 23.1. The predicted octanol–water partition coefficient (Wildman–Crippen LogP) is 3.68. The molecule has 36 heavy (non-hydrogen) atoms. The molecule has 3 aliphatic heterocycles. The summed E-state index contributed by atoms with van der Waals surface area (Å²) in [4.78, 5) is 45.4. The number of carbonyl (C=O) groups excluding carboxylic acids is 3. The summed E-state index contributed by atoms with van der Waals surface area (Å²) >= 11 is 6.27. The summed E-state index contributed by atoms with van der Waals surface area (Å²) in [6, 6.07) is 6.47. The lowest BCUT2D eigenvalue weighted by Gasteiger charge is -2.45. The fourth-order valence-corrected chi connectivity index (χ4v) is 5.73. The number of fused-ring (bicyclic) bond motifs is 3. The first-order chi connectivity index (χ1) is 17.4. The van der Waals surface area contributed by atoms with Crippen LogP contribution < -0.4 is 16.0 Å². The van der Waals surface area contributed by atoms with Crippen molar-refractivity contribution in [1.29, 1.82) is 0 Å². The van der Waals surface area contributed by atoms with E-state index in [1.54, 1.807) is 29.3 Å². The highest BCUT2D eigenvalue weighted by Gasteiger charge is 2.47. The molecular weight excluding hydrogens is 482 g/mol. The zero-order valence-electron chi connectivity index (χ0n) is 19.8. The van der Waals surface area contributed by atoms with Crippen molar-refractivity contribution in [2.45, 2.75) is 50.2 Å². The topological polar surface area (TPSA) is 113 Å². The molecule has 4 heterocycles. The van der Waals surface area contributed by atoms with Crippen molar-refractivity contribution in [2.75, 3.05) is 30.3 Å². The summed E-state index contributed by atoms with van der Waals surface area (Å²) in [7, 11) is 0. The van der Waals surface area contributed by atoms with E-state index in [-0.39, 0.29) is 18.4 Å². The predicted molar refractivity (Wildman–Crippen MR) is 134 cm³/mol. The van der Waals surface area contributed by atoms with Crippen molar-refractivity contribution in [1.82, 2.24) is 15.2 Å². The summed E-state index contributed by atoms with van der Waals surface area (Å²) in [6.07, 6.45) is 5.80. The molecular formula is C26H28ClN5O4. The van der Waals surface area contributed by atoms with Crippen LogP contribution in [0.4, 0.5) is 16.3 Å². The van der Waals surface area contributed by atoms with E-state index < -0.39 is 17.7 Å². The molecule has 0 unspecified atom stereocenters. The minimum Gasteiger partial charge on any atom is -0.436 e. The number of pyridine rings is 1. The van der Waals surface area contributed by atoms with Crippen LogP contribution in [0.25, 0.3) is 0 Å². The van der Waals surface area contributed by atoms with Crippen LogP contribution in [-0.2, 0) is 21.6 Å². The van der Waals surface area contributed by atoms with E-state index in [4.69, 9.17) is 16.3 Å². The Hall–Kier alpha value is -3.33. The smallest absolute Gasteiger partial charge is 0.412 e. The summed E-state index contributed by atoms with van der Waals surface area (Å²) in [5, 5.41) is 9.45. The molecule has 2 fully saturated rings. The SMILES string of the molecule is O=C1Nc2ccc(Cl)cc2[C@@]2(CCCN(C(=O)[C@H](CC3CC3)NC(=O)c3cnc4c(c3)CCN4)C2)O1. The Labute approximate surface area is 213 Å². The Morgan fingerprint density at radius 2 is 2.17 bits per heavy atom. The van der Waals surface area contributed by atoms with Gasteiger partial charge in [0.2, 0.25) is 5.91 Å². The quantitative estimate of drug-likeness (QED) is 0.566. The van der Waals surface area contributed by atoms with Gasteiger partial charge in [-0.1, -0.05) is 24.4 Å². The molecule has 0 radical (unpaired) electrons. The van der Waals surface area contributed by atoms with Gasteiger partial charge < -0.3 is 20.3 Å². The van der Waals surface area contributed by atoms with Gasteiger partial charge in [-0.2, -0.15) is 0 Å². The van der Waals surface area contributed by atoms with Crippen LogP contribution in [0.1, 0.15) is 53.6 Å². The van der Waals surface area contributed by atoms with Crippen LogP contribution in [0.15, 0.2) is 30.5 Å². The monoisotopic (exact) mass is 509 g/mol. The van der Waals surface area contributed by atoms with Gasteiger partial charge in [-0.25, -0.2) is 9.78 Å². The van der Waals surface area contributed by atoms with Gasteiger partial charge in [0.1, 0.15) is 11.9 Å². The maximum absolute atomic E-state index is 13.8. The van der Waals surface area contributed by atoms with Crippen LogP contribution >= 0.6 is 11.6 Å². The van der Waals surface area contributed by atoms with Crippen molar-refractivity contribution < 1.29 is 19.1 Å². The number of rotatable bonds is 5. The van der Waals surface area contributed by atoms with Gasteiger partial charge in [0.25, 0.3) is 5.91 Å². The Morgan fingerprint density at radius 3 is 3.00 bits per heavy atom. The minimum absolute atomic E-state index is 0.150. The Bertz CT molecular complexity index is 1250. The van der Waals surface area contributed by atoms with Crippen molar-refractivity contribution >= 4 is 41.0 Å². The van der Waals surface area contributed by atoms with Gasteiger partial charge in [0.05, 0.1) is 17.8 Å². The second kappa shape index (κ2) is 8.96. The first-order valence-electron chi connectivity index (χ1n) is 12.5. The van der Waals surface area contributed by atoms with Crippen LogP contribution in [0, 0.1) is 5.92 Å². The van der Waals surface area contributed by atoms with Gasteiger partial charge in [-0.3, -0.25) is 14.9 Å². The molecule has 3 N–H and O–H groups in total. The minimum atomic E-state index is -0.971. The van der Waals surface area contributed by atoms with Crippen molar-refractivity contribution in [3.05, 3.63) is 52.2 Å². The Kier molecular flexibility index (Phi) is 5.75. The molecule has 10 heteroatoms. The molecule has 1 aromatic carbocycles. The third-order valence-corrected chi connectivity index (χ3v) is 7.78. The summed E-state index contributed by atoms with van der Waals surface area (Å²) in [6.45, 7) is 1.56. The van der Waals surface area contributed by atoms with E-state index in [1.807, 2.05) is 6.07 Å². The first-order valence-corrected chi connectivity index (χ1v) is 12.9. The largest absolute Gasteiger partial charge is 0.436 e. The zero-order chi connectivity index (χ0) is 24.9. The molecule has 1 spiro atoms. The number of hydrogen-bond donors (Lipinski definition) is 3. The number of likely N-dealkylation sites (tertiary alicyclic amines) is 1. The van der Waals surface area contributed by atoms with Gasteiger partial charge in [-0.05, 0) is 61.4 Å². The van der Waals surface area contributed by atoms with Gasteiger partial charge in [-0.15, -0.1) is 0 Å². The molecule has 2 aromatic rings. The number of piperidine rings is 1. The highest BCUT2D eigenvalue weighted by Crippen LogP contribution is 2.43. The number of anilines is 2.